The molecule has 1 heterocycles. The van der Waals surface area contributed by atoms with Crippen molar-refractivity contribution in [3.8, 4) is 0 Å². The Morgan fingerprint density at radius 3 is 0.746 bits per heavy atom. The van der Waals surface area contributed by atoms with Gasteiger partial charge in [-0.25, -0.2) is 0 Å². The number of hydrogen-bond donors (Lipinski definition) is 0. The fourth-order valence-corrected chi connectivity index (χ4v) is 18.8. The van der Waals surface area contributed by atoms with Gasteiger partial charge in [0, 0.05) is 44.3 Å². The van der Waals surface area contributed by atoms with Gasteiger partial charge in [-0.15, -0.1) is 0 Å². The summed E-state index contributed by atoms with van der Waals surface area (Å²) in [4.78, 5) is 31.8. The molecule has 71 heavy (non-hydrogen) atoms. The van der Waals surface area contributed by atoms with Gasteiger partial charge in [-0.1, -0.05) is 243 Å². The Hall–Kier alpha value is -6.07. The Bertz CT molecular complexity index is 2550. The minimum Gasteiger partial charge on any atom is -0.587 e. The van der Waals surface area contributed by atoms with E-state index >= 15 is 0 Å². The van der Waals surface area contributed by atoms with Gasteiger partial charge >= 0.3 is 0 Å². The Kier molecular flexibility index (Phi) is 20.4. The van der Waals surface area contributed by atoms with Gasteiger partial charge in [-0.05, 0) is 105 Å². The summed E-state index contributed by atoms with van der Waals surface area (Å²) in [7, 11) is -1.39. The van der Waals surface area contributed by atoms with Crippen LogP contribution in [0.2, 0.25) is 0 Å². The number of imide groups is 1. The van der Waals surface area contributed by atoms with Gasteiger partial charge in [0.1, 0.15) is 0 Å². The van der Waals surface area contributed by atoms with Crippen LogP contribution in [0.1, 0.15) is 20.7 Å². The zero-order valence-electron chi connectivity index (χ0n) is 38.9. The van der Waals surface area contributed by atoms with Gasteiger partial charge in [0.15, 0.2) is 0 Å². The van der Waals surface area contributed by atoms with Crippen molar-refractivity contribution in [3.63, 3.8) is 0 Å². The standard InChI is InChI=1S/2C26H24P2.C8H4N2O4.Mo/c2*1-5-13-23(14-6-1)27(24-15-7-2-8-16-24)21-22-28(25-17-9-3-10-18-25)26-19-11-4-12-20-26;11-7-5-2-1-4(10(13)14)3-6(5)8(12)9-7;/h2*1-20H,21-22H2;1-3H,(H,9,11,12);/p-1. The van der Waals surface area contributed by atoms with Gasteiger partial charge in [-0.2, -0.15) is 0 Å². The first-order valence-electron chi connectivity index (χ1n) is 23.0. The quantitative estimate of drug-likeness (QED) is 0.0336. The van der Waals surface area contributed by atoms with Crippen LogP contribution in [0, 0.1) is 10.1 Å². The smallest absolute Gasteiger partial charge is 0.270 e. The molecule has 1 aliphatic rings. The number of nitro groups is 1. The predicted molar refractivity (Wildman–Crippen MR) is 301 cm³/mol. The summed E-state index contributed by atoms with van der Waals surface area (Å²) in [6.45, 7) is 0. The van der Waals surface area contributed by atoms with Crippen LogP contribution >= 0.6 is 31.7 Å². The molecule has 2 amide bonds. The van der Waals surface area contributed by atoms with Gasteiger partial charge in [0.25, 0.3) is 5.69 Å². The molecule has 352 valence electrons. The minimum atomic E-state index is -0.714. The van der Waals surface area contributed by atoms with E-state index < -0.39 is 16.7 Å². The Morgan fingerprint density at radius 2 is 0.535 bits per heavy atom. The fraction of sp³-hybridized carbons (Fsp3) is 0.0667. The number of hydrogen-bond acceptors (Lipinski definition) is 4. The summed E-state index contributed by atoms with van der Waals surface area (Å²) >= 11 is 0. The normalized spacial score (nSPS) is 11.4. The predicted octanol–water partition coefficient (Wildman–Crippen LogP) is 11.8. The third-order valence-electron chi connectivity index (χ3n) is 11.5. The van der Waals surface area contributed by atoms with E-state index in [1.54, 1.807) is 0 Å². The van der Waals surface area contributed by atoms with Crippen molar-refractivity contribution >= 4 is 91.6 Å². The number of rotatable bonds is 15. The third-order valence-corrected chi connectivity index (χ3v) is 22.3. The van der Waals surface area contributed by atoms with Crippen molar-refractivity contribution in [3.05, 3.63) is 287 Å². The minimum absolute atomic E-state index is 0. The molecule has 0 aliphatic carbocycles. The van der Waals surface area contributed by atoms with Gasteiger partial charge in [0.05, 0.1) is 16.7 Å². The summed E-state index contributed by atoms with van der Waals surface area (Å²) in [5, 5.41) is 25.3. The fourth-order valence-electron chi connectivity index (χ4n) is 8.11. The molecule has 0 aromatic heterocycles. The second-order valence-electron chi connectivity index (χ2n) is 16.0. The third kappa shape index (κ3) is 14.7. The molecular formula is C60H51MoN2O4P4-. The van der Waals surface area contributed by atoms with Crippen LogP contribution in [0.25, 0.3) is 5.32 Å². The number of amides is 2. The van der Waals surface area contributed by atoms with Crippen LogP contribution in [0.15, 0.2) is 261 Å². The molecular weight excluding hydrogens is 1030 g/mol. The molecule has 9 aromatic rings. The van der Waals surface area contributed by atoms with Crippen molar-refractivity contribution in [1.29, 1.82) is 0 Å². The largest absolute Gasteiger partial charge is 0.587 e. The molecule has 9 aromatic carbocycles. The molecule has 0 atom stereocenters. The molecule has 0 unspecified atom stereocenters. The number of carbonyl (C=O) groups is 2. The van der Waals surface area contributed by atoms with Crippen LogP contribution in [0.4, 0.5) is 5.69 Å². The molecule has 0 radical (unpaired) electrons. The summed E-state index contributed by atoms with van der Waals surface area (Å²) in [5.74, 6) is -1.35. The van der Waals surface area contributed by atoms with Gasteiger partial charge in [-0.3, -0.25) is 10.1 Å². The number of nitrogens with zero attached hydrogens (tertiary/aromatic N) is 2. The molecule has 0 saturated heterocycles. The Morgan fingerprint density at radius 1 is 0.324 bits per heavy atom. The van der Waals surface area contributed by atoms with Crippen molar-refractivity contribution in [1.82, 2.24) is 0 Å². The summed E-state index contributed by atoms with van der Waals surface area (Å²) in [5.41, 5.74) is -0.0909. The number of non-ortho nitro benzene ring substituents is 1. The maximum Gasteiger partial charge on any atom is 0.270 e. The second kappa shape index (κ2) is 27.5. The van der Waals surface area contributed by atoms with E-state index in [-0.39, 0.29) is 69.6 Å². The van der Waals surface area contributed by atoms with Crippen LogP contribution in [0.5, 0.6) is 0 Å². The summed E-state index contributed by atoms with van der Waals surface area (Å²) in [6.07, 6.45) is 4.83. The zero-order valence-corrected chi connectivity index (χ0v) is 44.5. The van der Waals surface area contributed by atoms with E-state index in [4.69, 9.17) is 0 Å². The monoisotopic (exact) mass is 1090 g/mol. The number of benzene rings is 9. The molecule has 0 saturated carbocycles. The van der Waals surface area contributed by atoms with Crippen molar-refractivity contribution < 1.29 is 35.6 Å². The SMILES string of the molecule is O=C1[N-]C(=O)c2cc([N+](=O)[O-])ccc21.[Mo].c1ccc(P(CCP(c2ccccc2)c2ccccc2)c2ccccc2)cc1.c1ccc(P(CCP(c2ccccc2)c2ccccc2)c2ccccc2)cc1. The maximum absolute atomic E-state index is 11.0. The average molecular weight is 1080 g/mol. The zero-order chi connectivity index (χ0) is 48.3. The molecule has 0 spiro atoms. The molecule has 1 aliphatic heterocycles. The van der Waals surface area contributed by atoms with Crippen LogP contribution in [0.3, 0.4) is 0 Å². The number of carbonyl (C=O) groups excluding carboxylic acids is 2. The van der Waals surface area contributed by atoms with E-state index in [0.29, 0.717) is 0 Å². The van der Waals surface area contributed by atoms with E-state index in [2.05, 4.69) is 248 Å². The molecule has 0 N–H and O–H groups in total. The van der Waals surface area contributed by atoms with Crippen LogP contribution in [-0.4, -0.2) is 41.4 Å². The molecule has 0 fully saturated rings. The first-order valence-corrected chi connectivity index (χ1v) is 29.1. The van der Waals surface area contributed by atoms with Gasteiger partial charge in [0.2, 0.25) is 0 Å². The molecule has 0 bridgehead atoms. The second-order valence-corrected chi connectivity index (χ2v) is 25.3. The average Bonchev–Trinajstić information content (AvgIpc) is 3.72. The van der Waals surface area contributed by atoms with Crippen molar-refractivity contribution in [2.75, 3.05) is 24.6 Å². The first kappa shape index (κ1) is 52.7. The molecule has 10 rings (SSSR count). The first-order chi connectivity index (χ1) is 34.4. The topological polar surface area (TPSA) is 91.4 Å². The van der Waals surface area contributed by atoms with E-state index in [1.165, 1.54) is 79.2 Å². The molecule has 6 nitrogen and oxygen atoms in total. The van der Waals surface area contributed by atoms with E-state index in [9.17, 15) is 19.7 Å². The molecule has 11 heteroatoms. The summed E-state index contributed by atoms with van der Waals surface area (Å²) in [6, 6.07) is 91.9. The summed E-state index contributed by atoms with van der Waals surface area (Å²) < 4.78 is 0. The Balaban J connectivity index is 0.000000164. The number of fused-ring (bicyclic) bond motifs is 1. The Labute approximate surface area is 436 Å². The van der Waals surface area contributed by atoms with Crippen molar-refractivity contribution in [2.45, 2.75) is 0 Å². The van der Waals surface area contributed by atoms with E-state index in [0.717, 1.165) is 6.07 Å². The van der Waals surface area contributed by atoms with Crippen LogP contribution < -0.4 is 42.4 Å². The van der Waals surface area contributed by atoms with Gasteiger partial charge < -0.3 is 14.9 Å². The van der Waals surface area contributed by atoms with Crippen molar-refractivity contribution in [2.24, 2.45) is 0 Å². The van der Waals surface area contributed by atoms with Crippen LogP contribution in [-0.2, 0) is 21.1 Å². The van der Waals surface area contributed by atoms with E-state index in [1.807, 2.05) is 0 Å². The number of nitro benzene ring substituents is 1. The maximum atomic E-state index is 11.0.